The SMILES string of the molecule is CCCCc1ccc(CC(=O)NC(C)C2CC2)cc1. The zero-order chi connectivity index (χ0) is 13.7. The molecule has 2 nitrogen and oxygen atoms in total. The van der Waals surface area contributed by atoms with E-state index < -0.39 is 0 Å². The minimum Gasteiger partial charge on any atom is -0.353 e. The molecule has 1 unspecified atom stereocenters. The number of nitrogens with one attached hydrogen (secondary N) is 1. The van der Waals surface area contributed by atoms with Crippen LogP contribution in [0.2, 0.25) is 0 Å². The van der Waals surface area contributed by atoms with Crippen LogP contribution in [-0.4, -0.2) is 11.9 Å². The Hall–Kier alpha value is -1.31. The van der Waals surface area contributed by atoms with Gasteiger partial charge in [0.25, 0.3) is 0 Å². The highest BCUT2D eigenvalue weighted by Gasteiger charge is 2.28. The van der Waals surface area contributed by atoms with E-state index in [1.54, 1.807) is 0 Å². The van der Waals surface area contributed by atoms with Crippen LogP contribution in [0.3, 0.4) is 0 Å². The van der Waals surface area contributed by atoms with Gasteiger partial charge in [-0.05, 0) is 49.7 Å². The van der Waals surface area contributed by atoms with Crippen molar-refractivity contribution in [3.8, 4) is 0 Å². The van der Waals surface area contributed by atoms with Gasteiger partial charge in [-0.25, -0.2) is 0 Å². The first-order chi connectivity index (χ1) is 9.19. The number of rotatable bonds is 7. The zero-order valence-electron chi connectivity index (χ0n) is 12.1. The van der Waals surface area contributed by atoms with E-state index >= 15 is 0 Å². The van der Waals surface area contributed by atoms with Gasteiger partial charge in [0, 0.05) is 6.04 Å². The maximum Gasteiger partial charge on any atom is 0.224 e. The smallest absolute Gasteiger partial charge is 0.224 e. The molecule has 2 rings (SSSR count). The molecule has 1 aromatic carbocycles. The lowest BCUT2D eigenvalue weighted by Gasteiger charge is -2.12. The van der Waals surface area contributed by atoms with E-state index in [1.165, 1.54) is 31.2 Å². The summed E-state index contributed by atoms with van der Waals surface area (Å²) in [5, 5.41) is 3.10. The fourth-order valence-corrected chi connectivity index (χ4v) is 2.41. The summed E-state index contributed by atoms with van der Waals surface area (Å²) >= 11 is 0. The second kappa shape index (κ2) is 6.74. The first-order valence-electron chi connectivity index (χ1n) is 7.56. The van der Waals surface area contributed by atoms with Crippen molar-refractivity contribution < 1.29 is 4.79 Å². The Kier molecular flexibility index (Phi) is 5.00. The molecule has 1 atom stereocenters. The molecule has 0 spiro atoms. The molecule has 0 bridgehead atoms. The zero-order valence-corrected chi connectivity index (χ0v) is 12.1. The molecule has 0 radical (unpaired) electrons. The lowest BCUT2D eigenvalue weighted by Crippen LogP contribution is -2.35. The summed E-state index contributed by atoms with van der Waals surface area (Å²) in [6.45, 7) is 4.32. The van der Waals surface area contributed by atoms with Crippen molar-refractivity contribution >= 4 is 5.91 Å². The molecule has 0 saturated heterocycles. The standard InChI is InChI=1S/C17H25NO/c1-3-4-5-14-6-8-15(9-7-14)12-17(19)18-13(2)16-10-11-16/h6-9,13,16H,3-5,10-12H2,1-2H3,(H,18,19). The van der Waals surface area contributed by atoms with Crippen molar-refractivity contribution in [2.75, 3.05) is 0 Å². The van der Waals surface area contributed by atoms with Crippen molar-refractivity contribution in [1.29, 1.82) is 0 Å². The molecule has 0 heterocycles. The van der Waals surface area contributed by atoms with Crippen molar-refractivity contribution in [2.24, 2.45) is 5.92 Å². The quantitative estimate of drug-likeness (QED) is 0.798. The van der Waals surface area contributed by atoms with Crippen LogP contribution in [0.4, 0.5) is 0 Å². The molecule has 1 fully saturated rings. The molecule has 104 valence electrons. The Bertz CT molecular complexity index is 406. The molecule has 2 heteroatoms. The molecule has 1 aliphatic rings. The van der Waals surface area contributed by atoms with Crippen molar-refractivity contribution in [1.82, 2.24) is 5.32 Å². The van der Waals surface area contributed by atoms with E-state index in [-0.39, 0.29) is 5.91 Å². The first-order valence-corrected chi connectivity index (χ1v) is 7.56. The molecule has 19 heavy (non-hydrogen) atoms. The van der Waals surface area contributed by atoms with Gasteiger partial charge in [-0.15, -0.1) is 0 Å². The summed E-state index contributed by atoms with van der Waals surface area (Å²) in [7, 11) is 0. The second-order valence-electron chi connectivity index (χ2n) is 5.79. The summed E-state index contributed by atoms with van der Waals surface area (Å²) in [5.41, 5.74) is 2.48. The van der Waals surface area contributed by atoms with Crippen LogP contribution in [0, 0.1) is 5.92 Å². The van der Waals surface area contributed by atoms with Crippen LogP contribution in [-0.2, 0) is 17.6 Å². The summed E-state index contributed by atoms with van der Waals surface area (Å²) in [6, 6.07) is 8.83. The lowest BCUT2D eigenvalue weighted by atomic mass is 10.0. The maximum absolute atomic E-state index is 11.9. The number of benzene rings is 1. The molecular weight excluding hydrogens is 234 g/mol. The highest BCUT2D eigenvalue weighted by Crippen LogP contribution is 2.32. The molecule has 1 amide bonds. The van der Waals surface area contributed by atoms with E-state index in [0.717, 1.165) is 17.9 Å². The van der Waals surface area contributed by atoms with Gasteiger partial charge in [0.1, 0.15) is 0 Å². The van der Waals surface area contributed by atoms with Crippen molar-refractivity contribution in [3.05, 3.63) is 35.4 Å². The minimum atomic E-state index is 0.153. The maximum atomic E-state index is 11.9. The average Bonchev–Trinajstić information content (AvgIpc) is 3.22. The van der Waals surface area contributed by atoms with Gasteiger partial charge in [0.2, 0.25) is 5.91 Å². The molecule has 1 aliphatic carbocycles. The van der Waals surface area contributed by atoms with Gasteiger partial charge in [0.05, 0.1) is 6.42 Å². The molecule has 0 aromatic heterocycles. The third-order valence-corrected chi connectivity index (χ3v) is 3.92. The highest BCUT2D eigenvalue weighted by molar-refractivity contribution is 5.78. The molecular formula is C17H25NO. The first kappa shape index (κ1) is 14.1. The highest BCUT2D eigenvalue weighted by atomic mass is 16.1. The van der Waals surface area contributed by atoms with Gasteiger partial charge in [0.15, 0.2) is 0 Å². The van der Waals surface area contributed by atoms with Crippen LogP contribution in [0.1, 0.15) is 50.7 Å². The van der Waals surface area contributed by atoms with E-state index in [2.05, 4.69) is 43.4 Å². The molecule has 1 saturated carbocycles. The number of aryl methyl sites for hydroxylation is 1. The van der Waals surface area contributed by atoms with Gasteiger partial charge >= 0.3 is 0 Å². The predicted molar refractivity (Wildman–Crippen MR) is 79.1 cm³/mol. The van der Waals surface area contributed by atoms with E-state index in [9.17, 15) is 4.79 Å². The fraction of sp³-hybridized carbons (Fsp3) is 0.588. The van der Waals surface area contributed by atoms with Crippen LogP contribution in [0.5, 0.6) is 0 Å². The van der Waals surface area contributed by atoms with Gasteiger partial charge < -0.3 is 5.32 Å². The lowest BCUT2D eigenvalue weighted by molar-refractivity contribution is -0.121. The summed E-state index contributed by atoms with van der Waals surface area (Å²) < 4.78 is 0. The van der Waals surface area contributed by atoms with Crippen LogP contribution < -0.4 is 5.32 Å². The topological polar surface area (TPSA) is 29.1 Å². The van der Waals surface area contributed by atoms with Crippen molar-refractivity contribution in [3.63, 3.8) is 0 Å². The van der Waals surface area contributed by atoms with E-state index in [4.69, 9.17) is 0 Å². The third kappa shape index (κ3) is 4.70. The number of carbonyl (C=O) groups is 1. The molecule has 1 N–H and O–H groups in total. The van der Waals surface area contributed by atoms with Crippen LogP contribution in [0.15, 0.2) is 24.3 Å². The monoisotopic (exact) mass is 259 g/mol. The van der Waals surface area contributed by atoms with Crippen LogP contribution in [0.25, 0.3) is 0 Å². The van der Waals surface area contributed by atoms with Gasteiger partial charge in [-0.2, -0.15) is 0 Å². The van der Waals surface area contributed by atoms with Gasteiger partial charge in [-0.1, -0.05) is 37.6 Å². The fourth-order valence-electron chi connectivity index (χ4n) is 2.41. The summed E-state index contributed by atoms with van der Waals surface area (Å²) in [5.74, 6) is 0.876. The number of unbranched alkanes of at least 4 members (excludes halogenated alkanes) is 1. The number of carbonyl (C=O) groups excluding carboxylic acids is 1. The Morgan fingerprint density at radius 3 is 2.47 bits per heavy atom. The van der Waals surface area contributed by atoms with Gasteiger partial charge in [-0.3, -0.25) is 4.79 Å². The Labute approximate surface area is 116 Å². The largest absolute Gasteiger partial charge is 0.353 e. The molecule has 1 aromatic rings. The Balaban J connectivity index is 1.79. The van der Waals surface area contributed by atoms with Crippen molar-refractivity contribution in [2.45, 2.75) is 58.4 Å². The molecule has 0 aliphatic heterocycles. The normalized spacial score (nSPS) is 16.1. The minimum absolute atomic E-state index is 0.153. The number of hydrogen-bond acceptors (Lipinski definition) is 1. The average molecular weight is 259 g/mol. The second-order valence-corrected chi connectivity index (χ2v) is 5.79. The summed E-state index contributed by atoms with van der Waals surface area (Å²) in [6.07, 6.45) is 6.65. The summed E-state index contributed by atoms with van der Waals surface area (Å²) in [4.78, 5) is 11.9. The third-order valence-electron chi connectivity index (χ3n) is 3.92. The Morgan fingerprint density at radius 1 is 1.26 bits per heavy atom. The number of hydrogen-bond donors (Lipinski definition) is 1. The van der Waals surface area contributed by atoms with E-state index in [1.807, 2.05) is 0 Å². The number of amides is 1. The predicted octanol–water partition coefficient (Wildman–Crippen LogP) is 3.49. The Morgan fingerprint density at radius 2 is 1.89 bits per heavy atom. The van der Waals surface area contributed by atoms with E-state index in [0.29, 0.717) is 12.5 Å². The van der Waals surface area contributed by atoms with Crippen LogP contribution >= 0.6 is 0 Å².